The third-order valence-corrected chi connectivity index (χ3v) is 8.30. The van der Waals surface area contributed by atoms with Crippen molar-refractivity contribution in [2.45, 2.75) is 26.2 Å². The number of hydrogen-bond donors (Lipinski definition) is 0. The van der Waals surface area contributed by atoms with Crippen LogP contribution in [0.5, 0.6) is 0 Å². The average Bonchev–Trinajstić information content (AvgIpc) is 2.67. The summed E-state index contributed by atoms with van der Waals surface area (Å²) in [5.41, 5.74) is 1.11. The smallest absolute Gasteiger partial charge is 0.184 e. The highest BCUT2D eigenvalue weighted by Gasteiger charge is 2.29. The second-order valence-electron chi connectivity index (χ2n) is 7.35. The van der Waals surface area contributed by atoms with Gasteiger partial charge in [-0.25, -0.2) is 0 Å². The van der Waals surface area contributed by atoms with Crippen LogP contribution < -0.4 is 15.9 Å². The van der Waals surface area contributed by atoms with Gasteiger partial charge >= 0.3 is 0 Å². The first-order valence-corrected chi connectivity index (χ1v) is 14.0. The summed E-state index contributed by atoms with van der Waals surface area (Å²) in [4.78, 5) is 0. The molecule has 26 heavy (non-hydrogen) atoms. The van der Waals surface area contributed by atoms with Crippen LogP contribution in [0.15, 0.2) is 84.9 Å². The van der Waals surface area contributed by atoms with Crippen LogP contribution in [0.1, 0.15) is 5.56 Å². The molecule has 0 fully saturated rings. The number of hydrogen-bond acceptors (Lipinski definition) is 2. The maximum Gasteiger partial charge on any atom is 0.184 e. The van der Waals surface area contributed by atoms with Gasteiger partial charge in [0.05, 0.1) is 6.61 Å². The lowest BCUT2D eigenvalue weighted by atomic mass is 10.2. The lowest BCUT2D eigenvalue weighted by Gasteiger charge is -2.21. The van der Waals surface area contributed by atoms with Gasteiger partial charge in [-0.1, -0.05) is 84.9 Å². The SMILES string of the molecule is C[Si](C)(C)OCc1ccc(P(=O)(c2ccccc2)c2ccccc2)cc1. The first kappa shape index (κ1) is 18.8. The van der Waals surface area contributed by atoms with Crippen molar-refractivity contribution in [3.05, 3.63) is 90.5 Å². The zero-order valence-corrected chi connectivity index (χ0v) is 17.4. The van der Waals surface area contributed by atoms with Crippen LogP contribution in [0.25, 0.3) is 0 Å². The molecular weight excluding hydrogens is 355 g/mol. The van der Waals surface area contributed by atoms with E-state index < -0.39 is 15.5 Å². The van der Waals surface area contributed by atoms with Gasteiger partial charge in [-0.3, -0.25) is 0 Å². The van der Waals surface area contributed by atoms with Crippen LogP contribution >= 0.6 is 7.14 Å². The molecule has 0 saturated heterocycles. The minimum absolute atomic E-state index is 0.608. The minimum atomic E-state index is -2.88. The molecule has 0 atom stereocenters. The summed E-state index contributed by atoms with van der Waals surface area (Å²) in [6.07, 6.45) is 0. The Morgan fingerprint density at radius 3 is 1.54 bits per heavy atom. The molecule has 2 nitrogen and oxygen atoms in total. The maximum absolute atomic E-state index is 14.2. The Kier molecular flexibility index (Phi) is 5.62. The molecule has 134 valence electrons. The predicted octanol–water partition coefficient (Wildman–Crippen LogP) is 4.68. The molecule has 3 rings (SSSR count). The van der Waals surface area contributed by atoms with Gasteiger partial charge < -0.3 is 8.99 Å². The lowest BCUT2D eigenvalue weighted by molar-refractivity contribution is 0.299. The zero-order chi connectivity index (χ0) is 18.6. The average molecular weight is 381 g/mol. The van der Waals surface area contributed by atoms with Gasteiger partial charge in [0.25, 0.3) is 0 Å². The van der Waals surface area contributed by atoms with Gasteiger partial charge in [0, 0.05) is 15.9 Å². The first-order chi connectivity index (χ1) is 12.4. The molecule has 0 saturated carbocycles. The van der Waals surface area contributed by atoms with Crippen molar-refractivity contribution in [2.24, 2.45) is 0 Å². The summed E-state index contributed by atoms with van der Waals surface area (Å²) in [5, 5.41) is 2.57. The molecule has 0 aromatic heterocycles. The van der Waals surface area contributed by atoms with E-state index in [0.717, 1.165) is 21.5 Å². The normalized spacial score (nSPS) is 12.1. The van der Waals surface area contributed by atoms with E-state index in [1.165, 1.54) is 0 Å². The fourth-order valence-corrected chi connectivity index (χ4v) is 6.07. The topological polar surface area (TPSA) is 26.3 Å². The van der Waals surface area contributed by atoms with Crippen molar-refractivity contribution in [3.63, 3.8) is 0 Å². The van der Waals surface area contributed by atoms with Gasteiger partial charge in [0.1, 0.15) is 0 Å². The van der Waals surface area contributed by atoms with Crippen molar-refractivity contribution in [1.82, 2.24) is 0 Å². The second kappa shape index (κ2) is 7.75. The van der Waals surface area contributed by atoms with Crippen molar-refractivity contribution < 1.29 is 8.99 Å². The molecule has 0 unspecified atom stereocenters. The largest absolute Gasteiger partial charge is 0.413 e. The molecule has 0 spiro atoms. The molecule has 0 aliphatic carbocycles. The number of benzene rings is 3. The fourth-order valence-electron chi connectivity index (χ4n) is 2.83. The minimum Gasteiger partial charge on any atom is -0.413 e. The first-order valence-electron chi connectivity index (χ1n) is 8.84. The van der Waals surface area contributed by atoms with Crippen LogP contribution in [-0.2, 0) is 15.6 Å². The van der Waals surface area contributed by atoms with Crippen LogP contribution in [0.3, 0.4) is 0 Å². The second-order valence-corrected chi connectivity index (χ2v) is 14.6. The van der Waals surface area contributed by atoms with Gasteiger partial charge in [0.15, 0.2) is 15.5 Å². The molecule has 3 aromatic rings. The molecule has 0 amide bonds. The Labute approximate surface area is 157 Å². The number of rotatable bonds is 6. The van der Waals surface area contributed by atoms with Gasteiger partial charge in [-0.2, -0.15) is 0 Å². The van der Waals surface area contributed by atoms with E-state index in [-0.39, 0.29) is 0 Å². The molecule has 3 aromatic carbocycles. The van der Waals surface area contributed by atoms with Gasteiger partial charge in [-0.15, -0.1) is 0 Å². The zero-order valence-electron chi connectivity index (χ0n) is 15.6. The van der Waals surface area contributed by atoms with Crippen LogP contribution in [-0.4, -0.2) is 8.32 Å². The van der Waals surface area contributed by atoms with E-state index in [1.54, 1.807) is 0 Å². The van der Waals surface area contributed by atoms with E-state index >= 15 is 0 Å². The molecule has 0 aliphatic heterocycles. The van der Waals surface area contributed by atoms with Crippen LogP contribution in [0.2, 0.25) is 19.6 Å². The summed E-state index contributed by atoms with van der Waals surface area (Å²) in [6, 6.07) is 27.6. The molecule has 0 aliphatic rings. The molecule has 0 heterocycles. The van der Waals surface area contributed by atoms with E-state index in [4.69, 9.17) is 4.43 Å². The molecule has 0 N–H and O–H groups in total. The van der Waals surface area contributed by atoms with Gasteiger partial charge in [-0.05, 0) is 25.2 Å². The maximum atomic E-state index is 14.2. The standard InChI is InChI=1S/C22H25O2PSi/c1-26(2,3)24-18-19-14-16-22(17-15-19)25(23,20-10-6-4-7-11-20)21-12-8-5-9-13-21/h4-17H,18H2,1-3H3. The Hall–Kier alpha value is -1.93. The van der Waals surface area contributed by atoms with Gasteiger partial charge in [0.2, 0.25) is 0 Å². The Morgan fingerprint density at radius 1 is 0.692 bits per heavy atom. The van der Waals surface area contributed by atoms with E-state index in [1.807, 2.05) is 84.9 Å². The highest BCUT2D eigenvalue weighted by Crippen LogP contribution is 2.42. The molecule has 4 heteroatoms. The van der Waals surface area contributed by atoms with Crippen molar-refractivity contribution in [1.29, 1.82) is 0 Å². The third kappa shape index (κ3) is 4.24. The van der Waals surface area contributed by atoms with Crippen LogP contribution in [0.4, 0.5) is 0 Å². The third-order valence-electron chi connectivity index (χ3n) is 4.21. The fraction of sp³-hybridized carbons (Fsp3) is 0.182. The summed E-state index contributed by atoms with van der Waals surface area (Å²) < 4.78 is 20.2. The molecule has 0 bridgehead atoms. The van der Waals surface area contributed by atoms with E-state index in [0.29, 0.717) is 6.61 Å². The highest BCUT2D eigenvalue weighted by molar-refractivity contribution is 7.85. The summed E-state index contributed by atoms with van der Waals surface area (Å²) >= 11 is 0. The monoisotopic (exact) mass is 380 g/mol. The molecular formula is C22H25O2PSi. The predicted molar refractivity (Wildman–Crippen MR) is 114 cm³/mol. The summed E-state index contributed by atoms with van der Waals surface area (Å²) in [6.45, 7) is 7.15. The van der Waals surface area contributed by atoms with E-state index in [9.17, 15) is 4.57 Å². The van der Waals surface area contributed by atoms with Crippen molar-refractivity contribution in [2.75, 3.05) is 0 Å². The summed E-state index contributed by atoms with van der Waals surface area (Å²) in [5.74, 6) is 0. The molecule has 0 radical (unpaired) electrons. The Balaban J connectivity index is 2.00. The summed E-state index contributed by atoms with van der Waals surface area (Å²) in [7, 11) is -4.43. The Morgan fingerprint density at radius 2 is 1.12 bits per heavy atom. The lowest BCUT2D eigenvalue weighted by Crippen LogP contribution is -2.26. The van der Waals surface area contributed by atoms with E-state index in [2.05, 4.69) is 19.6 Å². The van der Waals surface area contributed by atoms with Crippen LogP contribution in [0, 0.1) is 0 Å². The quantitative estimate of drug-likeness (QED) is 0.459. The van der Waals surface area contributed by atoms with Crippen molar-refractivity contribution in [3.8, 4) is 0 Å². The van der Waals surface area contributed by atoms with Crippen molar-refractivity contribution >= 4 is 31.4 Å². The Bertz CT molecular complexity index is 841. The highest BCUT2D eigenvalue weighted by atomic mass is 31.2.